The number of hydrogen-bond donors (Lipinski definition) is 3. The third-order valence-corrected chi connectivity index (χ3v) is 7.77. The van der Waals surface area contributed by atoms with Crippen LogP contribution in [0.3, 0.4) is 0 Å². The molecule has 0 aliphatic rings. The number of nitrogens with two attached hydrogens (primary N) is 1. The van der Waals surface area contributed by atoms with Crippen LogP contribution in [0, 0.1) is 0 Å². The summed E-state index contributed by atoms with van der Waals surface area (Å²) in [6.45, 7) is 0.488. The molecule has 132 valence electrons. The van der Waals surface area contributed by atoms with Gasteiger partial charge in [0.25, 0.3) is 0 Å². The molecule has 0 heterocycles. The molecule has 0 aliphatic carbocycles. The number of aliphatic carboxylic acids is 1. The molecule has 2 aromatic carbocycles. The SMILES string of the molecule is NC(CCS[Se]c1ccccc1C(=O)NCc1ccccc1)C(=O)O. The van der Waals surface area contributed by atoms with E-state index < -0.39 is 12.0 Å². The maximum atomic E-state index is 12.5. The normalized spacial score (nSPS) is 11.7. The van der Waals surface area contributed by atoms with Crippen molar-refractivity contribution in [1.29, 1.82) is 0 Å². The Morgan fingerprint density at radius 1 is 1.12 bits per heavy atom. The number of hydrogen-bond acceptors (Lipinski definition) is 4. The van der Waals surface area contributed by atoms with Crippen LogP contribution >= 0.6 is 10.2 Å². The van der Waals surface area contributed by atoms with Crippen molar-refractivity contribution >= 4 is 40.4 Å². The summed E-state index contributed by atoms with van der Waals surface area (Å²) >= 11 is 0.0267. The van der Waals surface area contributed by atoms with Crippen molar-refractivity contribution in [3.8, 4) is 0 Å². The molecule has 2 aromatic rings. The summed E-state index contributed by atoms with van der Waals surface area (Å²) in [6, 6.07) is 16.5. The first-order valence-corrected chi connectivity index (χ1v) is 11.6. The second-order valence-corrected chi connectivity index (χ2v) is 9.57. The van der Waals surface area contributed by atoms with E-state index in [-0.39, 0.29) is 19.7 Å². The molecule has 0 fully saturated rings. The fourth-order valence-electron chi connectivity index (χ4n) is 2.00. The second-order valence-electron chi connectivity index (χ2n) is 5.30. The second kappa shape index (κ2) is 10.3. The molecule has 0 bridgehead atoms. The van der Waals surface area contributed by atoms with Gasteiger partial charge in [-0.15, -0.1) is 0 Å². The summed E-state index contributed by atoms with van der Waals surface area (Å²) in [5, 5.41) is 11.7. The van der Waals surface area contributed by atoms with Gasteiger partial charge in [-0.3, -0.25) is 0 Å². The van der Waals surface area contributed by atoms with E-state index in [1.807, 2.05) is 54.6 Å². The van der Waals surface area contributed by atoms with E-state index in [1.54, 1.807) is 10.2 Å². The number of benzene rings is 2. The number of carbonyl (C=O) groups excluding carboxylic acids is 1. The van der Waals surface area contributed by atoms with Gasteiger partial charge in [-0.1, -0.05) is 0 Å². The number of nitrogens with one attached hydrogen (secondary N) is 1. The molecule has 2 rings (SSSR count). The zero-order valence-electron chi connectivity index (χ0n) is 13.6. The van der Waals surface area contributed by atoms with Gasteiger partial charge >= 0.3 is 157 Å². The number of carboxylic acid groups (broad SMARTS) is 1. The van der Waals surface area contributed by atoms with Crippen LogP contribution in [0.4, 0.5) is 0 Å². The molecule has 0 saturated carbocycles. The molecule has 4 N–H and O–H groups in total. The van der Waals surface area contributed by atoms with Crippen molar-refractivity contribution in [2.24, 2.45) is 5.73 Å². The van der Waals surface area contributed by atoms with Crippen molar-refractivity contribution < 1.29 is 14.7 Å². The zero-order valence-corrected chi connectivity index (χ0v) is 16.1. The van der Waals surface area contributed by atoms with Crippen molar-refractivity contribution in [1.82, 2.24) is 5.32 Å². The molecule has 0 aromatic heterocycles. The average molecular weight is 423 g/mol. The molecule has 25 heavy (non-hydrogen) atoms. The first-order valence-electron chi connectivity index (χ1n) is 7.77. The Labute approximate surface area is 156 Å². The Hall–Kier alpha value is -1.79. The molecule has 1 atom stereocenters. The molecule has 0 aliphatic heterocycles. The van der Waals surface area contributed by atoms with Gasteiger partial charge in [-0.05, 0) is 0 Å². The first kappa shape index (κ1) is 19.5. The molecule has 0 saturated heterocycles. The van der Waals surface area contributed by atoms with Gasteiger partial charge in [0, 0.05) is 0 Å². The van der Waals surface area contributed by atoms with Crippen LogP contribution in [0.25, 0.3) is 0 Å². The van der Waals surface area contributed by atoms with Crippen LogP contribution in [0.2, 0.25) is 0 Å². The van der Waals surface area contributed by atoms with Gasteiger partial charge in [0.15, 0.2) is 0 Å². The summed E-state index contributed by atoms with van der Waals surface area (Å²) in [5.74, 6) is -0.411. The van der Waals surface area contributed by atoms with E-state index in [0.29, 0.717) is 24.3 Å². The standard InChI is InChI=1S/C18H20N2O3SSe/c19-15(18(22)23)10-11-24-25-16-9-5-4-8-14(16)17(21)20-12-13-6-2-1-3-7-13/h1-9,15H,10-12,19H2,(H,20,21)(H,22,23). The molecular formula is C18H20N2O3SSe. The summed E-state index contributed by atoms with van der Waals surface area (Å²) in [7, 11) is 1.64. The minimum absolute atomic E-state index is 0.0267. The van der Waals surface area contributed by atoms with Crippen molar-refractivity contribution in [2.45, 2.75) is 19.0 Å². The Morgan fingerprint density at radius 2 is 1.80 bits per heavy atom. The predicted molar refractivity (Wildman–Crippen MR) is 102 cm³/mol. The molecule has 1 amide bonds. The van der Waals surface area contributed by atoms with Crippen LogP contribution in [0.1, 0.15) is 22.3 Å². The Morgan fingerprint density at radius 3 is 2.52 bits per heavy atom. The number of carbonyl (C=O) groups is 2. The fourth-order valence-corrected chi connectivity index (χ4v) is 6.06. The third kappa shape index (κ3) is 6.55. The van der Waals surface area contributed by atoms with Gasteiger partial charge in [-0.25, -0.2) is 0 Å². The molecular weight excluding hydrogens is 403 g/mol. The van der Waals surface area contributed by atoms with Gasteiger partial charge in [-0.2, -0.15) is 0 Å². The van der Waals surface area contributed by atoms with Crippen molar-refractivity contribution in [3.63, 3.8) is 0 Å². The van der Waals surface area contributed by atoms with Crippen LogP contribution < -0.4 is 15.5 Å². The van der Waals surface area contributed by atoms with Crippen LogP contribution in [0.15, 0.2) is 54.6 Å². The van der Waals surface area contributed by atoms with E-state index in [0.717, 1.165) is 10.0 Å². The zero-order chi connectivity index (χ0) is 18.1. The van der Waals surface area contributed by atoms with Gasteiger partial charge < -0.3 is 0 Å². The van der Waals surface area contributed by atoms with E-state index in [2.05, 4.69) is 5.32 Å². The van der Waals surface area contributed by atoms with Crippen LogP contribution in [-0.4, -0.2) is 42.6 Å². The quantitative estimate of drug-likeness (QED) is 0.419. The topological polar surface area (TPSA) is 92.4 Å². The van der Waals surface area contributed by atoms with E-state index in [1.165, 1.54) is 0 Å². The predicted octanol–water partition coefficient (Wildman–Crippen LogP) is 1.40. The first-order chi connectivity index (χ1) is 12.1. The molecule has 1 unspecified atom stereocenters. The van der Waals surface area contributed by atoms with E-state index >= 15 is 0 Å². The van der Waals surface area contributed by atoms with Crippen LogP contribution in [0.5, 0.6) is 0 Å². The Kier molecular flexibility index (Phi) is 8.01. The summed E-state index contributed by atoms with van der Waals surface area (Å²) < 4.78 is 0.995. The summed E-state index contributed by atoms with van der Waals surface area (Å²) in [6.07, 6.45) is 0.421. The average Bonchev–Trinajstić information content (AvgIpc) is 2.64. The molecule has 7 heteroatoms. The minimum atomic E-state index is -0.978. The van der Waals surface area contributed by atoms with Crippen molar-refractivity contribution in [3.05, 3.63) is 65.7 Å². The summed E-state index contributed by atoms with van der Waals surface area (Å²) in [5.41, 5.74) is 7.23. The van der Waals surface area contributed by atoms with Crippen LogP contribution in [-0.2, 0) is 11.3 Å². The molecule has 5 nitrogen and oxygen atoms in total. The van der Waals surface area contributed by atoms with E-state index in [9.17, 15) is 9.59 Å². The summed E-state index contributed by atoms with van der Waals surface area (Å²) in [4.78, 5) is 23.2. The number of rotatable bonds is 9. The van der Waals surface area contributed by atoms with E-state index in [4.69, 9.17) is 10.8 Å². The van der Waals surface area contributed by atoms with Crippen molar-refractivity contribution in [2.75, 3.05) is 5.75 Å². The Bertz CT molecular complexity index is 712. The molecule has 0 radical (unpaired) electrons. The van der Waals surface area contributed by atoms with Gasteiger partial charge in [0.05, 0.1) is 0 Å². The van der Waals surface area contributed by atoms with Gasteiger partial charge in [0.1, 0.15) is 0 Å². The monoisotopic (exact) mass is 424 g/mol. The Balaban J connectivity index is 1.88. The van der Waals surface area contributed by atoms with Gasteiger partial charge in [0.2, 0.25) is 0 Å². The maximum absolute atomic E-state index is 12.5. The number of amides is 1. The fraction of sp³-hybridized carbons (Fsp3) is 0.222. The third-order valence-electron chi connectivity index (χ3n) is 3.41. The number of carboxylic acids is 1. The molecule has 0 spiro atoms.